The van der Waals surface area contributed by atoms with Crippen molar-refractivity contribution in [1.29, 1.82) is 0 Å². The zero-order valence-electron chi connectivity index (χ0n) is 12.4. The molecular weight excluding hydrogens is 322 g/mol. The number of sulfonamides is 1. The van der Waals surface area contributed by atoms with Gasteiger partial charge in [-0.25, -0.2) is 18.4 Å². The first-order valence-electron chi connectivity index (χ1n) is 6.52. The Hall–Kier alpha value is -2.52. The van der Waals surface area contributed by atoms with Crippen molar-refractivity contribution in [2.45, 2.75) is 18.0 Å². The van der Waals surface area contributed by atoms with Crippen molar-refractivity contribution in [3.8, 4) is 5.88 Å². The van der Waals surface area contributed by atoms with E-state index < -0.39 is 22.0 Å². The molecule has 2 heterocycles. The molecule has 2 aromatic rings. The fourth-order valence-electron chi connectivity index (χ4n) is 1.91. The van der Waals surface area contributed by atoms with E-state index in [1.54, 1.807) is 19.1 Å². The van der Waals surface area contributed by atoms with Crippen LogP contribution in [0.1, 0.15) is 17.2 Å². The predicted octanol–water partition coefficient (Wildman–Crippen LogP) is 0.898. The number of carbonyl (C=O) groups is 1. The minimum absolute atomic E-state index is 0.176. The average molecular weight is 337 g/mol. The van der Waals surface area contributed by atoms with E-state index in [0.717, 1.165) is 0 Å². The summed E-state index contributed by atoms with van der Waals surface area (Å²) in [6, 6.07) is 4.56. The Morgan fingerprint density at radius 3 is 2.57 bits per heavy atom. The average Bonchev–Trinajstić information content (AvgIpc) is 2.53. The van der Waals surface area contributed by atoms with Gasteiger partial charge in [0.25, 0.3) is 10.0 Å². The lowest BCUT2D eigenvalue weighted by atomic mass is 10.1. The van der Waals surface area contributed by atoms with Gasteiger partial charge in [-0.1, -0.05) is 6.07 Å². The molecule has 0 bridgehead atoms. The fraction of sp³-hybridized carbons (Fsp3) is 0.214. The highest BCUT2D eigenvalue weighted by molar-refractivity contribution is 7.89. The molecule has 0 aliphatic carbocycles. The second-order valence-corrected chi connectivity index (χ2v) is 6.28. The molecule has 1 atom stereocenters. The number of nitrogens with zero attached hydrogens (tertiary/aromatic N) is 2. The summed E-state index contributed by atoms with van der Waals surface area (Å²) in [6.07, 6.45) is 2.57. The molecule has 2 N–H and O–H groups in total. The summed E-state index contributed by atoms with van der Waals surface area (Å²) in [4.78, 5) is 19.1. The first kappa shape index (κ1) is 16.8. The molecule has 0 aliphatic heterocycles. The molecule has 122 valence electrons. The van der Waals surface area contributed by atoms with Crippen LogP contribution in [0.15, 0.2) is 41.7 Å². The fourth-order valence-corrected chi connectivity index (χ4v) is 3.26. The standard InChI is InChI=1S/C14H15N3O5S/c1-9-4-3-7-15-13(9)23(20,21)17-12(14(18)19)10-5-6-11(22-2)16-8-10/h3-8,12,17H,1-2H3,(H,18,19). The molecule has 2 aromatic heterocycles. The van der Waals surface area contributed by atoms with Gasteiger partial charge < -0.3 is 9.84 Å². The van der Waals surface area contributed by atoms with Crippen LogP contribution in [0.4, 0.5) is 0 Å². The van der Waals surface area contributed by atoms with Crippen LogP contribution in [-0.4, -0.2) is 36.6 Å². The Bertz CT molecular complexity index is 805. The molecule has 1 unspecified atom stereocenters. The van der Waals surface area contributed by atoms with Crippen LogP contribution in [0, 0.1) is 6.92 Å². The highest BCUT2D eigenvalue weighted by Gasteiger charge is 2.29. The second-order valence-electron chi connectivity index (χ2n) is 4.65. The van der Waals surface area contributed by atoms with Gasteiger partial charge in [-0.15, -0.1) is 0 Å². The number of hydrogen-bond acceptors (Lipinski definition) is 6. The monoisotopic (exact) mass is 337 g/mol. The molecule has 0 aromatic carbocycles. The Balaban J connectivity index is 2.36. The third-order valence-corrected chi connectivity index (χ3v) is 4.52. The van der Waals surface area contributed by atoms with Crippen LogP contribution in [-0.2, 0) is 14.8 Å². The van der Waals surface area contributed by atoms with Gasteiger partial charge in [0.2, 0.25) is 5.88 Å². The van der Waals surface area contributed by atoms with Crippen molar-refractivity contribution in [3.05, 3.63) is 47.8 Å². The Morgan fingerprint density at radius 2 is 2.04 bits per heavy atom. The highest BCUT2D eigenvalue weighted by atomic mass is 32.2. The number of rotatable bonds is 6. The molecule has 9 heteroatoms. The second kappa shape index (κ2) is 6.71. The van der Waals surface area contributed by atoms with Crippen LogP contribution in [0.5, 0.6) is 5.88 Å². The lowest BCUT2D eigenvalue weighted by Gasteiger charge is -2.15. The van der Waals surface area contributed by atoms with Crippen molar-refractivity contribution in [2.75, 3.05) is 7.11 Å². The van der Waals surface area contributed by atoms with E-state index in [2.05, 4.69) is 14.7 Å². The Kier molecular flexibility index (Phi) is 4.92. The van der Waals surface area contributed by atoms with Crippen molar-refractivity contribution < 1.29 is 23.1 Å². The SMILES string of the molecule is COc1ccc(C(NS(=O)(=O)c2ncccc2C)C(=O)O)cn1. The zero-order valence-corrected chi connectivity index (χ0v) is 13.2. The zero-order chi connectivity index (χ0) is 17.0. The maximum atomic E-state index is 12.4. The summed E-state index contributed by atoms with van der Waals surface area (Å²) in [5.74, 6) is -1.06. The topological polar surface area (TPSA) is 118 Å². The van der Waals surface area contributed by atoms with E-state index in [1.807, 2.05) is 0 Å². The number of aliphatic carboxylic acids is 1. The van der Waals surface area contributed by atoms with E-state index in [4.69, 9.17) is 4.74 Å². The Morgan fingerprint density at radius 1 is 1.30 bits per heavy atom. The summed E-state index contributed by atoms with van der Waals surface area (Å²) in [5, 5.41) is 9.11. The van der Waals surface area contributed by atoms with Crippen molar-refractivity contribution in [3.63, 3.8) is 0 Å². The quantitative estimate of drug-likeness (QED) is 0.803. The molecule has 0 spiro atoms. The maximum Gasteiger partial charge on any atom is 0.326 e. The minimum atomic E-state index is -4.10. The number of ether oxygens (including phenoxy) is 1. The number of nitrogens with one attached hydrogen (secondary N) is 1. The first-order valence-corrected chi connectivity index (χ1v) is 8.00. The number of aromatic nitrogens is 2. The summed E-state index contributed by atoms with van der Waals surface area (Å²) in [6.45, 7) is 1.58. The smallest absolute Gasteiger partial charge is 0.326 e. The number of pyridine rings is 2. The van der Waals surface area contributed by atoms with Gasteiger partial charge in [0.1, 0.15) is 6.04 Å². The van der Waals surface area contributed by atoms with E-state index in [9.17, 15) is 18.3 Å². The molecule has 0 fully saturated rings. The summed E-state index contributed by atoms with van der Waals surface area (Å²) in [7, 11) is -2.68. The molecule has 8 nitrogen and oxygen atoms in total. The van der Waals surface area contributed by atoms with Gasteiger partial charge in [0, 0.05) is 18.5 Å². The maximum absolute atomic E-state index is 12.4. The summed E-state index contributed by atoms with van der Waals surface area (Å²) < 4.78 is 31.8. The van der Waals surface area contributed by atoms with E-state index in [0.29, 0.717) is 11.4 Å². The van der Waals surface area contributed by atoms with Gasteiger partial charge >= 0.3 is 5.97 Å². The van der Waals surface area contributed by atoms with E-state index in [-0.39, 0.29) is 10.6 Å². The van der Waals surface area contributed by atoms with E-state index >= 15 is 0 Å². The van der Waals surface area contributed by atoms with E-state index in [1.165, 1.54) is 31.6 Å². The lowest BCUT2D eigenvalue weighted by Crippen LogP contribution is -2.34. The van der Waals surface area contributed by atoms with Gasteiger partial charge in [0.05, 0.1) is 7.11 Å². The van der Waals surface area contributed by atoms with Crippen LogP contribution in [0.2, 0.25) is 0 Å². The van der Waals surface area contributed by atoms with Gasteiger partial charge in [0.15, 0.2) is 5.03 Å². The normalized spacial score (nSPS) is 12.6. The number of carboxylic acids is 1. The summed E-state index contributed by atoms with van der Waals surface area (Å²) >= 11 is 0. The molecule has 0 amide bonds. The lowest BCUT2D eigenvalue weighted by molar-refractivity contribution is -0.139. The van der Waals surface area contributed by atoms with Crippen LogP contribution < -0.4 is 9.46 Å². The molecule has 0 radical (unpaired) electrons. The largest absolute Gasteiger partial charge is 0.481 e. The highest BCUT2D eigenvalue weighted by Crippen LogP contribution is 2.19. The molecule has 0 aliphatic rings. The van der Waals surface area contributed by atoms with Crippen LogP contribution in [0.25, 0.3) is 0 Å². The third-order valence-electron chi connectivity index (χ3n) is 3.04. The minimum Gasteiger partial charge on any atom is -0.481 e. The molecular formula is C14H15N3O5S. The van der Waals surface area contributed by atoms with Gasteiger partial charge in [-0.3, -0.25) is 4.79 Å². The summed E-state index contributed by atoms with van der Waals surface area (Å²) in [5.41, 5.74) is 0.590. The van der Waals surface area contributed by atoms with Gasteiger partial charge in [-0.2, -0.15) is 4.72 Å². The third kappa shape index (κ3) is 3.82. The van der Waals surface area contributed by atoms with Crippen molar-refractivity contribution in [2.24, 2.45) is 0 Å². The predicted molar refractivity (Wildman–Crippen MR) is 80.5 cm³/mol. The van der Waals surface area contributed by atoms with Gasteiger partial charge in [-0.05, 0) is 30.2 Å². The Labute approximate surface area is 133 Å². The molecule has 2 rings (SSSR count). The number of carboxylic acid groups (broad SMARTS) is 1. The van der Waals surface area contributed by atoms with Crippen LogP contribution in [0.3, 0.4) is 0 Å². The first-order chi connectivity index (χ1) is 10.8. The number of methoxy groups -OCH3 is 1. The molecule has 0 saturated heterocycles. The number of hydrogen-bond donors (Lipinski definition) is 2. The molecule has 0 saturated carbocycles. The van der Waals surface area contributed by atoms with Crippen molar-refractivity contribution >= 4 is 16.0 Å². The van der Waals surface area contributed by atoms with Crippen molar-refractivity contribution in [1.82, 2.24) is 14.7 Å². The molecule has 23 heavy (non-hydrogen) atoms. The number of aryl methyl sites for hydroxylation is 1. The van der Waals surface area contributed by atoms with Crippen LogP contribution >= 0.6 is 0 Å².